The standard InChI is InChI=1S/C34H44ClN7O2/c1-24(2)44-21-20-40-16-18-42(19-17-40)28-8-6-26(7-9-28)33-38-32-31(30(35)22-36-34(32)39-33)37-27-12-14-41(15-13-27)23-25-4-10-29(43-3)11-5-25/h4-11,22,24,27H,12-21,23H2,1-3H3,(H2,36,37,38,39). The highest BCUT2D eigenvalue weighted by Gasteiger charge is 2.23. The molecule has 2 saturated heterocycles. The maximum atomic E-state index is 6.68. The van der Waals surface area contributed by atoms with Gasteiger partial charge in [0, 0.05) is 69.7 Å². The van der Waals surface area contributed by atoms with Crippen molar-refractivity contribution in [2.24, 2.45) is 0 Å². The maximum absolute atomic E-state index is 6.68. The summed E-state index contributed by atoms with van der Waals surface area (Å²) in [5.41, 5.74) is 5.97. The molecule has 0 amide bonds. The molecule has 4 aromatic rings. The number of pyridine rings is 1. The highest BCUT2D eigenvalue weighted by atomic mass is 35.5. The number of likely N-dealkylation sites (tertiary alicyclic amines) is 1. The van der Waals surface area contributed by atoms with E-state index in [1.807, 2.05) is 12.1 Å². The van der Waals surface area contributed by atoms with Crippen LogP contribution in [0.25, 0.3) is 22.6 Å². The number of piperidine rings is 1. The molecule has 44 heavy (non-hydrogen) atoms. The number of aromatic amines is 1. The van der Waals surface area contributed by atoms with Crippen LogP contribution < -0.4 is 15.0 Å². The van der Waals surface area contributed by atoms with E-state index in [1.165, 1.54) is 11.3 Å². The van der Waals surface area contributed by atoms with Gasteiger partial charge in [0.1, 0.15) is 17.1 Å². The van der Waals surface area contributed by atoms with E-state index in [4.69, 9.17) is 26.1 Å². The fraction of sp³-hybridized carbons (Fsp3) is 0.471. The van der Waals surface area contributed by atoms with E-state index in [1.54, 1.807) is 13.3 Å². The zero-order chi connectivity index (χ0) is 30.5. The zero-order valence-electron chi connectivity index (χ0n) is 26.1. The van der Waals surface area contributed by atoms with Gasteiger partial charge < -0.3 is 24.7 Å². The average molecular weight is 618 g/mol. The quantitative estimate of drug-likeness (QED) is 0.215. The summed E-state index contributed by atoms with van der Waals surface area (Å²) in [6, 6.07) is 17.3. The number of H-pyrrole nitrogens is 1. The molecule has 2 fully saturated rings. The van der Waals surface area contributed by atoms with Crippen molar-refractivity contribution in [2.45, 2.75) is 45.4 Å². The number of ether oxygens (including phenoxy) is 2. The summed E-state index contributed by atoms with van der Waals surface area (Å²) in [4.78, 5) is 20.4. The number of halogens is 1. The third-order valence-corrected chi connectivity index (χ3v) is 8.99. The van der Waals surface area contributed by atoms with Crippen LogP contribution in [0, 0.1) is 0 Å². The number of hydrogen-bond acceptors (Lipinski definition) is 8. The predicted molar refractivity (Wildman–Crippen MR) is 179 cm³/mol. The molecule has 4 heterocycles. The van der Waals surface area contributed by atoms with E-state index in [-0.39, 0.29) is 6.10 Å². The van der Waals surface area contributed by atoms with Gasteiger partial charge in [-0.3, -0.25) is 9.80 Å². The van der Waals surface area contributed by atoms with Crippen molar-refractivity contribution in [3.8, 4) is 17.1 Å². The molecule has 0 atom stereocenters. The Morgan fingerprint density at radius 2 is 1.68 bits per heavy atom. The Kier molecular flexibility index (Phi) is 9.86. The summed E-state index contributed by atoms with van der Waals surface area (Å²) in [5.74, 6) is 1.69. The summed E-state index contributed by atoms with van der Waals surface area (Å²) in [5, 5.41) is 4.31. The fourth-order valence-corrected chi connectivity index (χ4v) is 6.30. The Hall–Kier alpha value is -3.37. The first kappa shape index (κ1) is 30.6. The van der Waals surface area contributed by atoms with Crippen LogP contribution in [0.5, 0.6) is 5.75 Å². The van der Waals surface area contributed by atoms with E-state index in [2.05, 4.69) is 80.2 Å². The molecular formula is C34H44ClN7O2. The van der Waals surface area contributed by atoms with Crippen molar-refractivity contribution in [1.82, 2.24) is 24.8 Å². The lowest BCUT2D eigenvalue weighted by Crippen LogP contribution is -2.47. The smallest absolute Gasteiger partial charge is 0.159 e. The zero-order valence-corrected chi connectivity index (χ0v) is 26.8. The van der Waals surface area contributed by atoms with E-state index in [0.29, 0.717) is 11.1 Å². The summed E-state index contributed by atoms with van der Waals surface area (Å²) in [7, 11) is 1.70. The van der Waals surface area contributed by atoms with Gasteiger partial charge in [0.15, 0.2) is 5.65 Å². The second-order valence-electron chi connectivity index (χ2n) is 12.1. The normalized spacial score (nSPS) is 17.1. The van der Waals surface area contributed by atoms with Crippen molar-refractivity contribution in [3.63, 3.8) is 0 Å². The molecule has 2 aliphatic rings. The number of rotatable bonds is 11. The summed E-state index contributed by atoms with van der Waals surface area (Å²) in [6.45, 7) is 13.1. The molecule has 2 aliphatic heterocycles. The van der Waals surface area contributed by atoms with Gasteiger partial charge in [-0.05, 0) is 68.7 Å². The van der Waals surface area contributed by atoms with Gasteiger partial charge in [0.05, 0.1) is 36.7 Å². The number of hydrogen-bond donors (Lipinski definition) is 2. The largest absolute Gasteiger partial charge is 0.497 e. The molecule has 0 saturated carbocycles. The molecule has 9 nitrogen and oxygen atoms in total. The Morgan fingerprint density at radius 3 is 2.36 bits per heavy atom. The topological polar surface area (TPSA) is 81.8 Å². The summed E-state index contributed by atoms with van der Waals surface area (Å²) >= 11 is 6.68. The second kappa shape index (κ2) is 14.2. The SMILES string of the molecule is COc1ccc(CN2CCC(Nc3c(Cl)cnc4[nH]c(-c5ccc(N6CCN(CCOC(C)C)CC6)cc5)nc34)CC2)cc1. The number of benzene rings is 2. The van der Waals surface area contributed by atoms with Gasteiger partial charge >= 0.3 is 0 Å². The molecule has 0 bridgehead atoms. The van der Waals surface area contributed by atoms with Gasteiger partial charge in [0.2, 0.25) is 0 Å². The number of nitrogens with zero attached hydrogens (tertiary/aromatic N) is 5. The minimum atomic E-state index is 0.289. The monoisotopic (exact) mass is 617 g/mol. The molecule has 2 aromatic heterocycles. The second-order valence-corrected chi connectivity index (χ2v) is 12.5. The van der Waals surface area contributed by atoms with Crippen LogP contribution in [-0.2, 0) is 11.3 Å². The summed E-state index contributed by atoms with van der Waals surface area (Å²) in [6.07, 6.45) is 4.08. The molecule has 6 rings (SSSR count). The molecule has 234 valence electrons. The molecule has 0 spiro atoms. The van der Waals surface area contributed by atoms with E-state index < -0.39 is 0 Å². The number of nitrogens with one attached hydrogen (secondary N) is 2. The Bertz CT molecular complexity index is 1490. The highest BCUT2D eigenvalue weighted by molar-refractivity contribution is 6.34. The molecular weight excluding hydrogens is 574 g/mol. The molecule has 0 radical (unpaired) electrons. The number of aromatic nitrogens is 3. The van der Waals surface area contributed by atoms with Crippen molar-refractivity contribution >= 4 is 34.1 Å². The maximum Gasteiger partial charge on any atom is 0.159 e. The Balaban J connectivity index is 1.06. The number of imidazole rings is 1. The van der Waals surface area contributed by atoms with Gasteiger partial charge in [-0.15, -0.1) is 0 Å². The lowest BCUT2D eigenvalue weighted by atomic mass is 10.0. The fourth-order valence-electron chi connectivity index (χ4n) is 6.11. The first-order valence-electron chi connectivity index (χ1n) is 15.8. The average Bonchev–Trinajstić information content (AvgIpc) is 3.49. The van der Waals surface area contributed by atoms with Crippen LogP contribution in [-0.4, -0.2) is 96.4 Å². The van der Waals surface area contributed by atoms with Crippen molar-refractivity contribution in [3.05, 3.63) is 65.3 Å². The first-order chi connectivity index (χ1) is 21.4. The van der Waals surface area contributed by atoms with Crippen LogP contribution >= 0.6 is 11.6 Å². The number of anilines is 2. The molecule has 0 aliphatic carbocycles. The minimum absolute atomic E-state index is 0.289. The summed E-state index contributed by atoms with van der Waals surface area (Å²) < 4.78 is 11.0. The van der Waals surface area contributed by atoms with E-state index in [9.17, 15) is 0 Å². The van der Waals surface area contributed by atoms with Gasteiger partial charge in [0.25, 0.3) is 0 Å². The molecule has 2 aromatic carbocycles. The van der Waals surface area contributed by atoms with E-state index >= 15 is 0 Å². The number of methoxy groups -OCH3 is 1. The van der Waals surface area contributed by atoms with Crippen LogP contribution in [0.15, 0.2) is 54.7 Å². The molecule has 10 heteroatoms. The third-order valence-electron chi connectivity index (χ3n) is 8.71. The van der Waals surface area contributed by atoms with E-state index in [0.717, 1.165) is 106 Å². The van der Waals surface area contributed by atoms with Crippen LogP contribution in [0.1, 0.15) is 32.3 Å². The lowest BCUT2D eigenvalue weighted by Gasteiger charge is -2.36. The molecule has 0 unspecified atom stereocenters. The number of fused-ring (bicyclic) bond motifs is 1. The highest BCUT2D eigenvalue weighted by Crippen LogP contribution is 2.33. The third kappa shape index (κ3) is 7.46. The van der Waals surface area contributed by atoms with Crippen molar-refractivity contribution < 1.29 is 9.47 Å². The Morgan fingerprint density at radius 1 is 0.955 bits per heavy atom. The van der Waals surface area contributed by atoms with Gasteiger partial charge in [-0.2, -0.15) is 0 Å². The van der Waals surface area contributed by atoms with Crippen LogP contribution in [0.2, 0.25) is 5.02 Å². The lowest BCUT2D eigenvalue weighted by molar-refractivity contribution is 0.0579. The van der Waals surface area contributed by atoms with Crippen LogP contribution in [0.4, 0.5) is 11.4 Å². The van der Waals surface area contributed by atoms with Crippen molar-refractivity contribution in [1.29, 1.82) is 0 Å². The Labute approximate surface area is 265 Å². The molecule has 2 N–H and O–H groups in total. The minimum Gasteiger partial charge on any atom is -0.497 e. The first-order valence-corrected chi connectivity index (χ1v) is 16.2. The van der Waals surface area contributed by atoms with Crippen LogP contribution in [0.3, 0.4) is 0 Å². The van der Waals surface area contributed by atoms with Gasteiger partial charge in [-0.1, -0.05) is 23.7 Å². The van der Waals surface area contributed by atoms with Crippen molar-refractivity contribution in [2.75, 3.05) is 69.7 Å². The predicted octanol–water partition coefficient (Wildman–Crippen LogP) is 5.91. The number of piperazine rings is 1. The van der Waals surface area contributed by atoms with Gasteiger partial charge in [-0.25, -0.2) is 9.97 Å².